The lowest BCUT2D eigenvalue weighted by Crippen LogP contribution is -2.33. The van der Waals surface area contributed by atoms with Crippen LogP contribution in [0.5, 0.6) is 0 Å². The highest BCUT2D eigenvalue weighted by atomic mass is 16.3. The minimum Gasteiger partial charge on any atom is -0.387 e. The summed E-state index contributed by atoms with van der Waals surface area (Å²) in [5, 5.41) is 9.81. The number of nitrogens with two attached hydrogens (primary N) is 1. The van der Waals surface area contributed by atoms with E-state index in [1.54, 1.807) is 24.5 Å². The fourth-order valence-corrected chi connectivity index (χ4v) is 1.15. The molecular formula is C10H16N2O. The number of aliphatic hydroxyl groups excluding tert-OH is 1. The van der Waals surface area contributed by atoms with Gasteiger partial charge in [-0.1, -0.05) is 13.8 Å². The van der Waals surface area contributed by atoms with Crippen molar-refractivity contribution in [2.45, 2.75) is 26.0 Å². The summed E-state index contributed by atoms with van der Waals surface area (Å²) in [5.41, 5.74) is 6.65. The monoisotopic (exact) mass is 180 g/mol. The number of hydrogen-bond acceptors (Lipinski definition) is 3. The van der Waals surface area contributed by atoms with Crippen molar-refractivity contribution in [2.75, 3.05) is 0 Å². The van der Waals surface area contributed by atoms with E-state index in [-0.39, 0.29) is 12.0 Å². The third-order valence-corrected chi connectivity index (χ3v) is 2.18. The molecule has 0 unspecified atom stereocenters. The Morgan fingerprint density at radius 3 is 2.31 bits per heavy atom. The number of aromatic nitrogens is 1. The van der Waals surface area contributed by atoms with E-state index >= 15 is 0 Å². The average molecular weight is 180 g/mol. The predicted octanol–water partition coefficient (Wildman–Crippen LogP) is 1.10. The summed E-state index contributed by atoms with van der Waals surface area (Å²) in [6, 6.07) is 3.35. The molecule has 1 aromatic heterocycles. The number of rotatable bonds is 3. The largest absolute Gasteiger partial charge is 0.387 e. The zero-order valence-electron chi connectivity index (χ0n) is 8.01. The van der Waals surface area contributed by atoms with E-state index in [1.165, 1.54) is 0 Å². The summed E-state index contributed by atoms with van der Waals surface area (Å²) in [6.45, 7) is 3.99. The van der Waals surface area contributed by atoms with Crippen molar-refractivity contribution in [2.24, 2.45) is 11.7 Å². The van der Waals surface area contributed by atoms with Crippen molar-refractivity contribution < 1.29 is 5.11 Å². The Morgan fingerprint density at radius 1 is 1.31 bits per heavy atom. The first-order valence-electron chi connectivity index (χ1n) is 4.46. The number of pyridine rings is 1. The SMILES string of the molecule is CC(C)[C@H](N)[C@H](O)c1ccncc1. The molecule has 0 saturated carbocycles. The molecule has 0 amide bonds. The summed E-state index contributed by atoms with van der Waals surface area (Å²) in [5.74, 6) is 0.267. The van der Waals surface area contributed by atoms with Gasteiger partial charge in [0.1, 0.15) is 0 Å². The second-order valence-electron chi connectivity index (χ2n) is 3.55. The number of aliphatic hydroxyl groups is 1. The first-order chi connectivity index (χ1) is 6.13. The minimum atomic E-state index is -0.594. The van der Waals surface area contributed by atoms with Gasteiger partial charge in [0.05, 0.1) is 6.10 Å². The van der Waals surface area contributed by atoms with Gasteiger partial charge < -0.3 is 10.8 Å². The van der Waals surface area contributed by atoms with Crippen molar-refractivity contribution in [1.82, 2.24) is 4.98 Å². The third kappa shape index (κ3) is 2.50. The Balaban J connectivity index is 2.73. The summed E-state index contributed by atoms with van der Waals surface area (Å²) in [6.07, 6.45) is 2.72. The molecule has 3 nitrogen and oxygen atoms in total. The molecular weight excluding hydrogens is 164 g/mol. The van der Waals surface area contributed by atoms with Gasteiger partial charge in [0, 0.05) is 18.4 Å². The van der Waals surface area contributed by atoms with Crippen molar-refractivity contribution >= 4 is 0 Å². The zero-order chi connectivity index (χ0) is 9.84. The number of hydrogen-bond donors (Lipinski definition) is 2. The Morgan fingerprint density at radius 2 is 1.85 bits per heavy atom. The molecule has 13 heavy (non-hydrogen) atoms. The van der Waals surface area contributed by atoms with Gasteiger partial charge in [-0.15, -0.1) is 0 Å². The molecule has 3 heteroatoms. The van der Waals surface area contributed by atoms with Gasteiger partial charge in [0.15, 0.2) is 0 Å². The minimum absolute atomic E-state index is 0.220. The molecule has 0 aliphatic carbocycles. The third-order valence-electron chi connectivity index (χ3n) is 2.18. The van der Waals surface area contributed by atoms with E-state index in [2.05, 4.69) is 4.98 Å². The molecule has 1 aromatic rings. The normalized spacial score (nSPS) is 15.8. The fourth-order valence-electron chi connectivity index (χ4n) is 1.15. The summed E-state index contributed by atoms with van der Waals surface area (Å²) >= 11 is 0. The van der Waals surface area contributed by atoms with E-state index in [1.807, 2.05) is 13.8 Å². The first-order valence-corrected chi connectivity index (χ1v) is 4.46. The standard InChI is InChI=1S/C10H16N2O/c1-7(2)9(11)10(13)8-3-5-12-6-4-8/h3-7,9-10,13H,11H2,1-2H3/t9-,10+/m0/s1. The highest BCUT2D eigenvalue weighted by Crippen LogP contribution is 2.18. The molecule has 0 bridgehead atoms. The van der Waals surface area contributed by atoms with Crippen molar-refractivity contribution in [1.29, 1.82) is 0 Å². The second kappa shape index (κ2) is 4.35. The van der Waals surface area contributed by atoms with Gasteiger partial charge in [-0.3, -0.25) is 4.98 Å². The lowest BCUT2D eigenvalue weighted by atomic mass is 9.95. The van der Waals surface area contributed by atoms with Gasteiger partial charge in [0.25, 0.3) is 0 Å². The maximum Gasteiger partial charge on any atom is 0.0944 e. The van der Waals surface area contributed by atoms with Crippen LogP contribution in [0, 0.1) is 5.92 Å². The van der Waals surface area contributed by atoms with Gasteiger partial charge >= 0.3 is 0 Å². The van der Waals surface area contributed by atoms with Crippen LogP contribution in [0.4, 0.5) is 0 Å². The average Bonchev–Trinajstić information content (AvgIpc) is 2.17. The van der Waals surface area contributed by atoms with Gasteiger partial charge in [-0.25, -0.2) is 0 Å². The molecule has 2 atom stereocenters. The van der Waals surface area contributed by atoms with Crippen LogP contribution in [0.1, 0.15) is 25.5 Å². The molecule has 1 heterocycles. The molecule has 0 fully saturated rings. The van der Waals surface area contributed by atoms with Crippen molar-refractivity contribution in [3.8, 4) is 0 Å². The summed E-state index contributed by atoms with van der Waals surface area (Å²) in [7, 11) is 0. The lowest BCUT2D eigenvalue weighted by Gasteiger charge is -2.22. The van der Waals surface area contributed by atoms with Gasteiger partial charge in [-0.2, -0.15) is 0 Å². The van der Waals surface area contributed by atoms with Crippen molar-refractivity contribution in [3.05, 3.63) is 30.1 Å². The van der Waals surface area contributed by atoms with Crippen LogP contribution in [-0.2, 0) is 0 Å². The van der Waals surface area contributed by atoms with Crippen LogP contribution in [0.2, 0.25) is 0 Å². The Hall–Kier alpha value is -0.930. The molecule has 3 N–H and O–H groups in total. The van der Waals surface area contributed by atoms with Crippen LogP contribution >= 0.6 is 0 Å². The first kappa shape index (κ1) is 10.2. The smallest absolute Gasteiger partial charge is 0.0944 e. The van der Waals surface area contributed by atoms with E-state index in [9.17, 15) is 5.11 Å². The molecule has 0 aliphatic heterocycles. The van der Waals surface area contributed by atoms with E-state index in [0.717, 1.165) is 5.56 Å². The maximum atomic E-state index is 9.81. The van der Waals surface area contributed by atoms with Crippen LogP contribution in [-0.4, -0.2) is 16.1 Å². The quantitative estimate of drug-likeness (QED) is 0.732. The van der Waals surface area contributed by atoms with Crippen LogP contribution < -0.4 is 5.73 Å². The van der Waals surface area contributed by atoms with Crippen LogP contribution in [0.3, 0.4) is 0 Å². The topological polar surface area (TPSA) is 59.1 Å². The molecule has 0 spiro atoms. The Labute approximate surface area is 78.6 Å². The zero-order valence-corrected chi connectivity index (χ0v) is 8.01. The highest BCUT2D eigenvalue weighted by molar-refractivity contribution is 5.14. The highest BCUT2D eigenvalue weighted by Gasteiger charge is 2.19. The maximum absolute atomic E-state index is 9.81. The predicted molar refractivity (Wildman–Crippen MR) is 52.0 cm³/mol. The molecule has 1 rings (SSSR count). The van der Waals surface area contributed by atoms with E-state index in [4.69, 9.17) is 5.73 Å². The van der Waals surface area contributed by atoms with E-state index in [0.29, 0.717) is 0 Å². The molecule has 0 radical (unpaired) electrons. The number of nitrogens with zero attached hydrogens (tertiary/aromatic N) is 1. The second-order valence-corrected chi connectivity index (χ2v) is 3.55. The summed E-state index contributed by atoms with van der Waals surface area (Å²) < 4.78 is 0. The Bertz CT molecular complexity index is 248. The lowest BCUT2D eigenvalue weighted by molar-refractivity contribution is 0.125. The molecule has 0 aliphatic rings. The Kier molecular flexibility index (Phi) is 3.39. The van der Waals surface area contributed by atoms with Gasteiger partial charge in [-0.05, 0) is 23.6 Å². The molecule has 0 saturated heterocycles. The van der Waals surface area contributed by atoms with Crippen molar-refractivity contribution in [3.63, 3.8) is 0 Å². The van der Waals surface area contributed by atoms with Crippen LogP contribution in [0.15, 0.2) is 24.5 Å². The van der Waals surface area contributed by atoms with E-state index < -0.39 is 6.10 Å². The van der Waals surface area contributed by atoms with Crippen LogP contribution in [0.25, 0.3) is 0 Å². The fraction of sp³-hybridized carbons (Fsp3) is 0.500. The summed E-state index contributed by atoms with van der Waals surface area (Å²) in [4.78, 5) is 3.88. The molecule has 0 aromatic carbocycles. The van der Waals surface area contributed by atoms with Gasteiger partial charge in [0.2, 0.25) is 0 Å². The molecule has 72 valence electrons.